The summed E-state index contributed by atoms with van der Waals surface area (Å²) in [6.45, 7) is 10.2. The maximum absolute atomic E-state index is 3.60. The van der Waals surface area contributed by atoms with E-state index in [9.17, 15) is 0 Å². The van der Waals surface area contributed by atoms with Crippen molar-refractivity contribution in [1.82, 2.24) is 5.32 Å². The highest BCUT2D eigenvalue weighted by Gasteiger charge is 2.25. The van der Waals surface area contributed by atoms with Gasteiger partial charge in [-0.15, -0.1) is 0 Å². The van der Waals surface area contributed by atoms with Gasteiger partial charge in [0.25, 0.3) is 0 Å². The normalized spacial score (nSPS) is 24.3. The molecule has 100 valence electrons. The van der Waals surface area contributed by atoms with E-state index in [0.29, 0.717) is 6.04 Å². The third-order valence-electron chi connectivity index (χ3n) is 4.08. The van der Waals surface area contributed by atoms with Crippen LogP contribution in [0.15, 0.2) is 24.3 Å². The van der Waals surface area contributed by atoms with Crippen LogP contribution in [0.25, 0.3) is 0 Å². The summed E-state index contributed by atoms with van der Waals surface area (Å²) in [4.78, 5) is 2.53. The van der Waals surface area contributed by atoms with Gasteiger partial charge in [-0.1, -0.05) is 32.9 Å². The van der Waals surface area contributed by atoms with Crippen molar-refractivity contribution < 1.29 is 0 Å². The quantitative estimate of drug-likeness (QED) is 0.878. The smallest absolute Gasteiger partial charge is 0.0366 e. The highest BCUT2D eigenvalue weighted by atomic mass is 15.2. The molecule has 0 aromatic heterocycles. The van der Waals surface area contributed by atoms with E-state index in [0.717, 1.165) is 18.9 Å². The first-order valence-corrected chi connectivity index (χ1v) is 7.31. The minimum absolute atomic E-state index is 0.696. The van der Waals surface area contributed by atoms with Gasteiger partial charge in [0.2, 0.25) is 0 Å². The Bertz CT molecular complexity index is 358. The Morgan fingerprint density at radius 1 is 1.22 bits per heavy atom. The Kier molecular flexibility index (Phi) is 4.65. The molecular weight excluding hydrogens is 220 g/mol. The molecule has 0 bridgehead atoms. The maximum Gasteiger partial charge on any atom is 0.0366 e. The van der Waals surface area contributed by atoms with Crippen LogP contribution >= 0.6 is 0 Å². The summed E-state index contributed by atoms with van der Waals surface area (Å²) in [5.74, 6) is 0.726. The molecule has 0 saturated carbocycles. The Hall–Kier alpha value is -1.02. The van der Waals surface area contributed by atoms with Crippen molar-refractivity contribution in [1.29, 1.82) is 0 Å². The molecule has 1 aromatic carbocycles. The Labute approximate surface area is 111 Å². The minimum Gasteiger partial charge on any atom is -0.371 e. The largest absolute Gasteiger partial charge is 0.371 e. The summed E-state index contributed by atoms with van der Waals surface area (Å²) in [6.07, 6.45) is 2.38. The second kappa shape index (κ2) is 6.24. The van der Waals surface area contributed by atoms with Crippen LogP contribution in [0.5, 0.6) is 0 Å². The Morgan fingerprint density at radius 2 is 1.94 bits per heavy atom. The van der Waals surface area contributed by atoms with E-state index in [2.05, 4.69) is 55.3 Å². The van der Waals surface area contributed by atoms with Crippen LogP contribution in [-0.2, 0) is 6.42 Å². The molecule has 1 aliphatic rings. The van der Waals surface area contributed by atoms with Gasteiger partial charge in [0.05, 0.1) is 0 Å². The van der Waals surface area contributed by atoms with Crippen molar-refractivity contribution in [3.05, 3.63) is 29.8 Å². The lowest BCUT2D eigenvalue weighted by Crippen LogP contribution is -2.48. The summed E-state index contributed by atoms with van der Waals surface area (Å²) in [6, 6.07) is 9.77. The van der Waals surface area contributed by atoms with Crippen LogP contribution < -0.4 is 10.2 Å². The number of nitrogens with zero attached hydrogens (tertiary/aromatic N) is 1. The topological polar surface area (TPSA) is 15.3 Å². The number of nitrogens with one attached hydrogen (secondary N) is 1. The van der Waals surface area contributed by atoms with Crippen molar-refractivity contribution in [3.63, 3.8) is 0 Å². The molecule has 0 spiro atoms. The summed E-state index contributed by atoms with van der Waals surface area (Å²) in [5.41, 5.74) is 2.81. The van der Waals surface area contributed by atoms with Gasteiger partial charge in [0, 0.05) is 24.8 Å². The number of hydrogen-bond donors (Lipinski definition) is 1. The molecular formula is C16H26N2. The third kappa shape index (κ3) is 3.05. The minimum atomic E-state index is 0.696. The van der Waals surface area contributed by atoms with Crippen molar-refractivity contribution in [2.24, 2.45) is 5.92 Å². The highest BCUT2D eigenvalue weighted by molar-refractivity contribution is 5.48. The van der Waals surface area contributed by atoms with E-state index < -0.39 is 0 Å². The van der Waals surface area contributed by atoms with Gasteiger partial charge in [-0.25, -0.2) is 0 Å². The van der Waals surface area contributed by atoms with Crippen LogP contribution in [0, 0.1) is 5.92 Å². The SMILES string of the molecule is CCNC1CCN(c2ccc(CC)cc2)CC1C. The second-order valence-corrected chi connectivity index (χ2v) is 5.40. The number of hydrogen-bond acceptors (Lipinski definition) is 2. The van der Waals surface area contributed by atoms with Crippen molar-refractivity contribution in [2.75, 3.05) is 24.5 Å². The number of anilines is 1. The van der Waals surface area contributed by atoms with Crippen LogP contribution in [0.4, 0.5) is 5.69 Å². The van der Waals surface area contributed by atoms with Gasteiger partial charge in [0.1, 0.15) is 0 Å². The van der Waals surface area contributed by atoms with E-state index in [1.807, 2.05) is 0 Å². The fraction of sp³-hybridized carbons (Fsp3) is 0.625. The molecule has 0 aliphatic carbocycles. The molecule has 2 rings (SSSR count). The zero-order valence-electron chi connectivity index (χ0n) is 11.9. The van der Waals surface area contributed by atoms with E-state index >= 15 is 0 Å². The first-order valence-electron chi connectivity index (χ1n) is 7.31. The van der Waals surface area contributed by atoms with E-state index in [1.165, 1.54) is 30.8 Å². The molecule has 18 heavy (non-hydrogen) atoms. The van der Waals surface area contributed by atoms with Crippen molar-refractivity contribution in [3.8, 4) is 0 Å². The molecule has 2 atom stereocenters. The molecule has 1 saturated heterocycles. The molecule has 1 N–H and O–H groups in total. The van der Waals surface area contributed by atoms with Crippen LogP contribution in [0.1, 0.15) is 32.8 Å². The number of benzene rings is 1. The molecule has 0 amide bonds. The third-order valence-corrected chi connectivity index (χ3v) is 4.08. The first kappa shape index (κ1) is 13.4. The van der Waals surface area contributed by atoms with Crippen LogP contribution in [0.2, 0.25) is 0 Å². The summed E-state index contributed by atoms with van der Waals surface area (Å²) in [7, 11) is 0. The molecule has 2 unspecified atom stereocenters. The van der Waals surface area contributed by atoms with Crippen LogP contribution in [0.3, 0.4) is 0 Å². The fourth-order valence-corrected chi connectivity index (χ4v) is 2.89. The predicted octanol–water partition coefficient (Wildman–Crippen LogP) is 3.07. The first-order chi connectivity index (χ1) is 8.74. The monoisotopic (exact) mass is 246 g/mol. The maximum atomic E-state index is 3.60. The van der Waals surface area contributed by atoms with E-state index in [1.54, 1.807) is 0 Å². The molecule has 2 heteroatoms. The molecule has 1 fully saturated rings. The van der Waals surface area contributed by atoms with Crippen LogP contribution in [-0.4, -0.2) is 25.7 Å². The molecule has 1 aromatic rings. The molecule has 2 nitrogen and oxygen atoms in total. The van der Waals surface area contributed by atoms with Crippen molar-refractivity contribution >= 4 is 5.69 Å². The van der Waals surface area contributed by atoms with Gasteiger partial charge in [-0.3, -0.25) is 0 Å². The van der Waals surface area contributed by atoms with Gasteiger partial charge >= 0.3 is 0 Å². The van der Waals surface area contributed by atoms with Gasteiger partial charge in [0.15, 0.2) is 0 Å². The molecule has 1 heterocycles. The summed E-state index contributed by atoms with van der Waals surface area (Å²) < 4.78 is 0. The van der Waals surface area contributed by atoms with Gasteiger partial charge in [-0.05, 0) is 43.0 Å². The lowest BCUT2D eigenvalue weighted by Gasteiger charge is -2.38. The molecule has 0 radical (unpaired) electrons. The summed E-state index contributed by atoms with van der Waals surface area (Å²) >= 11 is 0. The average molecular weight is 246 g/mol. The average Bonchev–Trinajstić information content (AvgIpc) is 2.41. The Balaban J connectivity index is 1.98. The van der Waals surface area contributed by atoms with E-state index in [4.69, 9.17) is 0 Å². The highest BCUT2D eigenvalue weighted by Crippen LogP contribution is 2.23. The molecule has 1 aliphatic heterocycles. The lowest BCUT2D eigenvalue weighted by atomic mass is 9.93. The summed E-state index contributed by atoms with van der Waals surface area (Å²) in [5, 5.41) is 3.60. The van der Waals surface area contributed by atoms with Gasteiger partial charge < -0.3 is 10.2 Å². The van der Waals surface area contributed by atoms with Crippen molar-refractivity contribution in [2.45, 2.75) is 39.7 Å². The zero-order valence-corrected chi connectivity index (χ0v) is 11.9. The standard InChI is InChI=1S/C16H26N2/c1-4-14-6-8-15(9-7-14)18-11-10-16(17-5-2)13(3)12-18/h6-9,13,16-17H,4-5,10-12H2,1-3H3. The number of piperidine rings is 1. The van der Waals surface area contributed by atoms with E-state index in [-0.39, 0.29) is 0 Å². The number of rotatable bonds is 4. The lowest BCUT2D eigenvalue weighted by molar-refractivity contribution is 0.327. The second-order valence-electron chi connectivity index (χ2n) is 5.40. The van der Waals surface area contributed by atoms with Gasteiger partial charge in [-0.2, -0.15) is 0 Å². The Morgan fingerprint density at radius 3 is 2.50 bits per heavy atom. The fourth-order valence-electron chi connectivity index (χ4n) is 2.89. The zero-order chi connectivity index (χ0) is 13.0. The number of aryl methyl sites for hydroxylation is 1. The predicted molar refractivity (Wildman–Crippen MR) is 79.3 cm³/mol.